The number of fused-ring (bicyclic) bond motifs is 3. The van der Waals surface area contributed by atoms with E-state index in [0.29, 0.717) is 30.6 Å². The minimum Gasteiger partial charge on any atom is -0.347 e. The highest BCUT2D eigenvalue weighted by Gasteiger charge is 2.41. The monoisotopic (exact) mass is 440 g/mol. The molecular formula is C26H28N6O. The second kappa shape index (κ2) is 9.16. The van der Waals surface area contributed by atoms with Crippen molar-refractivity contribution < 1.29 is 4.79 Å². The Morgan fingerprint density at radius 2 is 1.97 bits per heavy atom. The van der Waals surface area contributed by atoms with Crippen molar-refractivity contribution in [2.45, 2.75) is 44.3 Å². The lowest BCUT2D eigenvalue weighted by Crippen LogP contribution is -2.56. The topological polar surface area (TPSA) is 85.2 Å². The van der Waals surface area contributed by atoms with Crippen molar-refractivity contribution in [2.75, 3.05) is 24.5 Å². The van der Waals surface area contributed by atoms with Gasteiger partial charge in [0.2, 0.25) is 5.91 Å². The molecule has 0 saturated carbocycles. The third kappa shape index (κ3) is 4.27. The molecule has 3 atom stereocenters. The molecule has 1 aromatic carbocycles. The molecular weight excluding hydrogens is 412 g/mol. The number of piperazine rings is 1. The van der Waals surface area contributed by atoms with E-state index < -0.39 is 0 Å². The summed E-state index contributed by atoms with van der Waals surface area (Å²) in [5.41, 5.74) is 2.76. The number of benzene rings is 1. The molecule has 7 heteroatoms. The third-order valence-corrected chi connectivity index (χ3v) is 6.91. The van der Waals surface area contributed by atoms with Gasteiger partial charge in [-0.2, -0.15) is 5.26 Å². The number of nitrogens with one attached hydrogen (secondary N) is 1. The first kappa shape index (κ1) is 21.4. The van der Waals surface area contributed by atoms with Gasteiger partial charge in [0.05, 0.1) is 11.1 Å². The van der Waals surface area contributed by atoms with E-state index in [4.69, 9.17) is 5.26 Å². The lowest BCUT2D eigenvalue weighted by atomic mass is 10.0. The van der Waals surface area contributed by atoms with Gasteiger partial charge in [0.1, 0.15) is 11.9 Å². The Balaban J connectivity index is 1.16. The van der Waals surface area contributed by atoms with Crippen LogP contribution in [0.3, 0.4) is 0 Å². The number of likely N-dealkylation sites (tertiary alicyclic amines) is 1. The van der Waals surface area contributed by atoms with Gasteiger partial charge in [-0.25, -0.2) is 4.98 Å². The van der Waals surface area contributed by atoms with Crippen molar-refractivity contribution in [1.29, 1.82) is 5.26 Å². The Morgan fingerprint density at radius 1 is 1.15 bits per heavy atom. The van der Waals surface area contributed by atoms with Crippen LogP contribution in [0.2, 0.25) is 0 Å². The van der Waals surface area contributed by atoms with Crippen molar-refractivity contribution in [3.63, 3.8) is 0 Å². The lowest BCUT2D eigenvalue weighted by Gasteiger charge is -2.42. The van der Waals surface area contributed by atoms with E-state index in [1.54, 1.807) is 6.20 Å². The Bertz CT molecular complexity index is 1170. The largest absolute Gasteiger partial charge is 0.347 e. The molecule has 2 fully saturated rings. The molecule has 2 unspecified atom stereocenters. The number of carbonyl (C=O) groups is 1. The van der Waals surface area contributed by atoms with Crippen LogP contribution in [-0.4, -0.2) is 52.5 Å². The number of amides is 1. The first-order valence-corrected chi connectivity index (χ1v) is 11.6. The summed E-state index contributed by atoms with van der Waals surface area (Å²) in [5, 5.41) is 13.7. The predicted molar refractivity (Wildman–Crippen MR) is 128 cm³/mol. The zero-order valence-electron chi connectivity index (χ0n) is 18.8. The van der Waals surface area contributed by atoms with Crippen LogP contribution in [-0.2, 0) is 4.79 Å². The molecule has 168 valence electrons. The summed E-state index contributed by atoms with van der Waals surface area (Å²) in [4.78, 5) is 26.3. The SMILES string of the molecule is C[C@@H](NCCC(=O)N1CC2CCC(C1)N2c1ccc(C#N)cn1)c1cccc2ncccc12. The first-order chi connectivity index (χ1) is 16.1. The molecule has 2 bridgehead atoms. The molecule has 33 heavy (non-hydrogen) atoms. The zero-order valence-corrected chi connectivity index (χ0v) is 18.8. The number of nitriles is 1. The number of rotatable bonds is 6. The smallest absolute Gasteiger partial charge is 0.223 e. The Kier molecular flexibility index (Phi) is 5.93. The van der Waals surface area contributed by atoms with Crippen LogP contribution in [0, 0.1) is 11.3 Å². The van der Waals surface area contributed by atoms with Gasteiger partial charge in [0.25, 0.3) is 0 Å². The van der Waals surface area contributed by atoms with Gasteiger partial charge in [0.15, 0.2) is 0 Å². The maximum Gasteiger partial charge on any atom is 0.223 e. The van der Waals surface area contributed by atoms with Gasteiger partial charge in [-0.1, -0.05) is 18.2 Å². The summed E-state index contributed by atoms with van der Waals surface area (Å²) in [6, 6.07) is 16.8. The predicted octanol–water partition coefficient (Wildman–Crippen LogP) is 3.42. The fraction of sp³-hybridized carbons (Fsp3) is 0.385. The molecule has 7 nitrogen and oxygen atoms in total. The molecule has 5 rings (SSSR count). The molecule has 2 aromatic heterocycles. The first-order valence-electron chi connectivity index (χ1n) is 11.6. The number of aromatic nitrogens is 2. The van der Waals surface area contributed by atoms with Crippen molar-refractivity contribution in [2.24, 2.45) is 0 Å². The molecule has 0 aliphatic carbocycles. The molecule has 1 amide bonds. The van der Waals surface area contributed by atoms with Crippen LogP contribution in [0.15, 0.2) is 54.9 Å². The Morgan fingerprint density at radius 3 is 2.70 bits per heavy atom. The second-order valence-corrected chi connectivity index (χ2v) is 8.95. The number of nitrogens with zero attached hydrogens (tertiary/aromatic N) is 5. The van der Waals surface area contributed by atoms with Crippen molar-refractivity contribution >= 4 is 22.6 Å². The molecule has 4 heterocycles. The number of pyridine rings is 2. The van der Waals surface area contributed by atoms with E-state index in [-0.39, 0.29) is 11.9 Å². The molecule has 1 N–H and O–H groups in total. The highest BCUT2D eigenvalue weighted by Crippen LogP contribution is 2.34. The summed E-state index contributed by atoms with van der Waals surface area (Å²) >= 11 is 0. The average molecular weight is 441 g/mol. The van der Waals surface area contributed by atoms with E-state index in [9.17, 15) is 4.79 Å². The van der Waals surface area contributed by atoms with Crippen molar-refractivity contribution in [3.05, 3.63) is 66.0 Å². The maximum atomic E-state index is 13.0. The second-order valence-electron chi connectivity index (χ2n) is 8.95. The maximum absolute atomic E-state index is 13.0. The van der Waals surface area contributed by atoms with E-state index in [1.807, 2.05) is 41.4 Å². The summed E-state index contributed by atoms with van der Waals surface area (Å²) in [7, 11) is 0. The number of hydrogen-bond donors (Lipinski definition) is 1. The molecule has 3 aromatic rings. The minimum absolute atomic E-state index is 0.140. The van der Waals surface area contributed by atoms with Crippen LogP contribution < -0.4 is 10.2 Å². The lowest BCUT2D eigenvalue weighted by molar-refractivity contribution is -0.132. The van der Waals surface area contributed by atoms with Gasteiger partial charge >= 0.3 is 0 Å². The number of carbonyl (C=O) groups excluding carboxylic acids is 1. The van der Waals surface area contributed by atoms with Crippen LogP contribution in [0.5, 0.6) is 0 Å². The average Bonchev–Trinajstić information content (AvgIpc) is 3.12. The standard InChI is InChI=1S/C26H28N6O/c1-18(22-4-2-6-24-23(22)5-3-12-29-24)28-13-11-26(33)31-16-20-8-9-21(17-31)32(20)25-10-7-19(14-27)15-30-25/h2-7,10,12,15,18,20-21,28H,8-9,11,13,16-17H2,1H3/t18-,20?,21?/m1/s1. The van der Waals surface area contributed by atoms with E-state index in [0.717, 1.165) is 42.7 Å². The van der Waals surface area contributed by atoms with Crippen LogP contribution in [0.1, 0.15) is 43.4 Å². The fourth-order valence-electron chi connectivity index (χ4n) is 5.25. The van der Waals surface area contributed by atoms with E-state index in [1.165, 1.54) is 5.56 Å². The number of hydrogen-bond acceptors (Lipinski definition) is 6. The molecule has 2 aliphatic heterocycles. The fourth-order valence-corrected chi connectivity index (χ4v) is 5.25. The summed E-state index contributed by atoms with van der Waals surface area (Å²) in [5.74, 6) is 1.12. The molecule has 2 saturated heterocycles. The quantitative estimate of drug-likeness (QED) is 0.632. The third-order valence-electron chi connectivity index (χ3n) is 6.91. The van der Waals surface area contributed by atoms with E-state index >= 15 is 0 Å². The van der Waals surface area contributed by atoms with Crippen LogP contribution in [0.4, 0.5) is 5.82 Å². The van der Waals surface area contributed by atoms with Gasteiger partial charge in [-0.05, 0) is 49.6 Å². The zero-order chi connectivity index (χ0) is 22.8. The van der Waals surface area contributed by atoms with Gasteiger partial charge in [-0.3, -0.25) is 9.78 Å². The molecule has 0 spiro atoms. The van der Waals surface area contributed by atoms with E-state index in [2.05, 4.69) is 45.3 Å². The molecule has 2 aliphatic rings. The van der Waals surface area contributed by atoms with Crippen LogP contribution >= 0.6 is 0 Å². The van der Waals surface area contributed by atoms with Gasteiger partial charge in [-0.15, -0.1) is 0 Å². The minimum atomic E-state index is 0.140. The van der Waals surface area contributed by atoms with Crippen molar-refractivity contribution in [3.8, 4) is 6.07 Å². The number of anilines is 1. The highest BCUT2D eigenvalue weighted by atomic mass is 16.2. The van der Waals surface area contributed by atoms with Crippen LogP contribution in [0.25, 0.3) is 10.9 Å². The summed E-state index contributed by atoms with van der Waals surface area (Å²) in [6.07, 6.45) is 6.07. The highest BCUT2D eigenvalue weighted by molar-refractivity contribution is 5.82. The van der Waals surface area contributed by atoms with Crippen molar-refractivity contribution in [1.82, 2.24) is 20.2 Å². The Hall–Kier alpha value is -3.50. The van der Waals surface area contributed by atoms with Gasteiger partial charge < -0.3 is 15.1 Å². The molecule has 0 radical (unpaired) electrons. The summed E-state index contributed by atoms with van der Waals surface area (Å²) in [6.45, 7) is 4.25. The Labute approximate surface area is 194 Å². The van der Waals surface area contributed by atoms with Gasteiger partial charge in [0, 0.05) is 62.0 Å². The normalized spacial score (nSPS) is 20.6. The summed E-state index contributed by atoms with van der Waals surface area (Å²) < 4.78 is 0.